The second-order valence-electron chi connectivity index (χ2n) is 6.76. The number of guanidine groups is 1. The molecule has 1 fully saturated rings. The molecule has 0 amide bonds. The summed E-state index contributed by atoms with van der Waals surface area (Å²) in [6, 6.07) is 12.7. The van der Waals surface area contributed by atoms with Gasteiger partial charge in [0.1, 0.15) is 11.6 Å². The van der Waals surface area contributed by atoms with Crippen LogP contribution in [0.5, 0.6) is 5.75 Å². The van der Waals surface area contributed by atoms with E-state index in [1.165, 1.54) is 0 Å². The first kappa shape index (κ1) is 19.4. The Labute approximate surface area is 174 Å². The zero-order valence-corrected chi connectivity index (χ0v) is 16.5. The Bertz CT molecular complexity index is 997. The van der Waals surface area contributed by atoms with Crippen LogP contribution in [0.25, 0.3) is 0 Å². The van der Waals surface area contributed by atoms with Crippen LogP contribution in [0.15, 0.2) is 65.6 Å². The van der Waals surface area contributed by atoms with E-state index >= 15 is 0 Å². The van der Waals surface area contributed by atoms with Crippen LogP contribution in [0, 0.1) is 5.41 Å². The minimum atomic E-state index is -0.472. The predicted molar refractivity (Wildman–Crippen MR) is 112 cm³/mol. The second-order valence-corrected chi connectivity index (χ2v) is 6.76. The smallest absolute Gasteiger partial charge is 0.365 e. The van der Waals surface area contributed by atoms with Gasteiger partial charge >= 0.3 is 5.97 Å². The Kier molecular flexibility index (Phi) is 5.60. The van der Waals surface area contributed by atoms with Crippen molar-refractivity contribution in [2.75, 3.05) is 38.6 Å². The minimum Gasteiger partial charge on any atom is -0.497 e. The minimum absolute atomic E-state index is 0.267. The summed E-state index contributed by atoms with van der Waals surface area (Å²) < 4.78 is 10.5. The maximum atomic E-state index is 12.2. The number of cyclic esters (lactones) is 1. The number of rotatable bonds is 4. The Morgan fingerprint density at radius 2 is 2.03 bits per heavy atom. The highest BCUT2D eigenvalue weighted by Gasteiger charge is 2.26. The molecule has 1 aromatic heterocycles. The lowest BCUT2D eigenvalue weighted by Gasteiger charge is -2.35. The molecular formula is C21H22N6O3. The molecule has 4 rings (SSSR count). The van der Waals surface area contributed by atoms with Gasteiger partial charge in [0.2, 0.25) is 5.90 Å². The topological polar surface area (TPSA) is 103 Å². The number of ether oxygens (including phenoxy) is 2. The van der Waals surface area contributed by atoms with Gasteiger partial charge in [0, 0.05) is 44.1 Å². The van der Waals surface area contributed by atoms with Gasteiger partial charge in [-0.25, -0.2) is 14.8 Å². The first-order valence-electron chi connectivity index (χ1n) is 9.55. The van der Waals surface area contributed by atoms with E-state index in [1.807, 2.05) is 46.2 Å². The molecule has 9 heteroatoms. The Balaban J connectivity index is 1.37. The molecule has 2 N–H and O–H groups in total. The van der Waals surface area contributed by atoms with Gasteiger partial charge in [0.15, 0.2) is 11.7 Å². The molecule has 1 saturated heterocycles. The fraction of sp³-hybridized carbons (Fsp3) is 0.238. The van der Waals surface area contributed by atoms with Gasteiger partial charge in [0.05, 0.1) is 7.11 Å². The highest BCUT2D eigenvalue weighted by Crippen LogP contribution is 2.20. The quantitative estimate of drug-likeness (QED) is 0.346. The zero-order valence-electron chi connectivity index (χ0n) is 16.5. The van der Waals surface area contributed by atoms with Crippen molar-refractivity contribution < 1.29 is 14.3 Å². The van der Waals surface area contributed by atoms with E-state index in [9.17, 15) is 4.79 Å². The van der Waals surface area contributed by atoms with Gasteiger partial charge in [-0.3, -0.25) is 5.41 Å². The van der Waals surface area contributed by atoms with Crippen molar-refractivity contribution in [1.29, 1.82) is 5.41 Å². The SMILES string of the molecule is COc1cccc(C2=N/C(=C/N3CCN(C(=N)Nc4ccccn4)CC3)C(=O)O2)c1. The van der Waals surface area contributed by atoms with Crippen LogP contribution in [0.3, 0.4) is 0 Å². The van der Waals surface area contributed by atoms with Crippen molar-refractivity contribution >= 4 is 23.6 Å². The number of hydrogen-bond donors (Lipinski definition) is 2. The predicted octanol–water partition coefficient (Wildman–Crippen LogP) is 1.90. The normalized spacial score (nSPS) is 17.6. The molecule has 0 aliphatic carbocycles. The second kappa shape index (κ2) is 8.64. The monoisotopic (exact) mass is 406 g/mol. The fourth-order valence-corrected chi connectivity index (χ4v) is 3.16. The molecular weight excluding hydrogens is 384 g/mol. The Morgan fingerprint density at radius 1 is 1.20 bits per heavy atom. The average molecular weight is 406 g/mol. The number of carbonyl (C=O) groups is 1. The van der Waals surface area contributed by atoms with Crippen LogP contribution in [0.4, 0.5) is 5.82 Å². The Hall–Kier alpha value is -3.88. The summed E-state index contributed by atoms with van der Waals surface area (Å²) in [6.45, 7) is 2.61. The third kappa shape index (κ3) is 4.40. The number of pyridine rings is 1. The molecule has 2 aliphatic heterocycles. The summed E-state index contributed by atoms with van der Waals surface area (Å²) in [7, 11) is 1.58. The lowest BCUT2D eigenvalue weighted by molar-refractivity contribution is -0.130. The summed E-state index contributed by atoms with van der Waals surface area (Å²) in [6.07, 6.45) is 3.41. The Morgan fingerprint density at radius 3 is 2.77 bits per heavy atom. The van der Waals surface area contributed by atoms with Gasteiger partial charge in [-0.05, 0) is 30.3 Å². The third-order valence-corrected chi connectivity index (χ3v) is 4.78. The van der Waals surface area contributed by atoms with Gasteiger partial charge in [0.25, 0.3) is 0 Å². The number of carbonyl (C=O) groups excluding carboxylic acids is 1. The highest BCUT2D eigenvalue weighted by atomic mass is 16.6. The summed E-state index contributed by atoms with van der Waals surface area (Å²) in [4.78, 5) is 24.7. The lowest BCUT2D eigenvalue weighted by Crippen LogP contribution is -2.48. The summed E-state index contributed by atoms with van der Waals surface area (Å²) in [5, 5.41) is 11.2. The number of anilines is 1. The maximum Gasteiger partial charge on any atom is 0.365 e. The third-order valence-electron chi connectivity index (χ3n) is 4.78. The maximum absolute atomic E-state index is 12.2. The molecule has 2 aromatic rings. The van der Waals surface area contributed by atoms with Gasteiger partial charge in [-0.2, -0.15) is 0 Å². The van der Waals surface area contributed by atoms with Crippen LogP contribution in [0.1, 0.15) is 5.56 Å². The standard InChI is InChI=1S/C21H22N6O3/c1-29-16-6-4-5-15(13-16)19-24-17(20(28)30-19)14-26-9-11-27(12-10-26)21(22)25-18-7-2-3-8-23-18/h2-8,13-14H,9-12H2,1H3,(H2,22,23,25)/b17-14+. The van der Waals surface area contributed by atoms with Crippen LogP contribution in [0.2, 0.25) is 0 Å². The van der Waals surface area contributed by atoms with E-state index in [0.717, 1.165) is 0 Å². The molecule has 0 atom stereocenters. The molecule has 0 bridgehead atoms. The van der Waals surface area contributed by atoms with Crippen LogP contribution >= 0.6 is 0 Å². The molecule has 2 aliphatic rings. The number of nitrogens with zero attached hydrogens (tertiary/aromatic N) is 4. The number of benzene rings is 1. The number of hydrogen-bond acceptors (Lipinski definition) is 7. The van der Waals surface area contributed by atoms with E-state index in [4.69, 9.17) is 14.9 Å². The summed E-state index contributed by atoms with van der Waals surface area (Å²) in [5.74, 6) is 1.41. The van der Waals surface area contributed by atoms with Crippen LogP contribution in [-0.4, -0.2) is 65.9 Å². The molecule has 0 saturated carbocycles. The zero-order chi connectivity index (χ0) is 20.9. The molecule has 154 valence electrons. The van der Waals surface area contributed by atoms with Crippen molar-refractivity contribution in [2.45, 2.75) is 0 Å². The van der Waals surface area contributed by atoms with Gasteiger partial charge in [-0.15, -0.1) is 0 Å². The number of esters is 1. The summed E-state index contributed by atoms with van der Waals surface area (Å²) >= 11 is 0. The van der Waals surface area contributed by atoms with Crippen molar-refractivity contribution in [3.63, 3.8) is 0 Å². The van der Waals surface area contributed by atoms with Crippen molar-refractivity contribution in [1.82, 2.24) is 14.8 Å². The molecule has 30 heavy (non-hydrogen) atoms. The van der Waals surface area contributed by atoms with E-state index < -0.39 is 5.97 Å². The van der Waals surface area contributed by atoms with Crippen molar-refractivity contribution in [3.05, 3.63) is 66.1 Å². The highest BCUT2D eigenvalue weighted by molar-refractivity contribution is 6.11. The van der Waals surface area contributed by atoms with E-state index in [-0.39, 0.29) is 11.6 Å². The first-order valence-corrected chi connectivity index (χ1v) is 9.55. The van der Waals surface area contributed by atoms with Gasteiger partial charge < -0.3 is 24.6 Å². The molecule has 1 aromatic carbocycles. The molecule has 3 heterocycles. The molecule has 0 radical (unpaired) electrons. The summed E-state index contributed by atoms with van der Waals surface area (Å²) in [5.41, 5.74) is 0.952. The molecule has 9 nitrogen and oxygen atoms in total. The number of piperazine rings is 1. The van der Waals surface area contributed by atoms with E-state index in [1.54, 1.807) is 25.6 Å². The number of aromatic nitrogens is 1. The van der Waals surface area contributed by atoms with Crippen molar-refractivity contribution in [3.8, 4) is 5.75 Å². The largest absolute Gasteiger partial charge is 0.497 e. The van der Waals surface area contributed by atoms with Crippen LogP contribution < -0.4 is 10.1 Å². The van der Waals surface area contributed by atoms with Crippen molar-refractivity contribution in [2.24, 2.45) is 4.99 Å². The lowest BCUT2D eigenvalue weighted by atomic mass is 10.2. The number of methoxy groups -OCH3 is 1. The van der Waals surface area contributed by atoms with Crippen LogP contribution in [-0.2, 0) is 9.53 Å². The number of nitrogens with one attached hydrogen (secondary N) is 2. The van der Waals surface area contributed by atoms with E-state index in [0.29, 0.717) is 49.3 Å². The van der Waals surface area contributed by atoms with Gasteiger partial charge in [-0.1, -0.05) is 12.1 Å². The molecule has 0 unspecified atom stereocenters. The molecule has 0 spiro atoms. The van der Waals surface area contributed by atoms with E-state index in [2.05, 4.69) is 15.3 Å². The average Bonchev–Trinajstić information content (AvgIpc) is 3.15. The number of aliphatic imine (C=N–C) groups is 1. The first-order chi connectivity index (χ1) is 14.6. The fourth-order valence-electron chi connectivity index (χ4n) is 3.16.